The molecule has 5 nitrogen and oxygen atoms in total. The Hall–Kier alpha value is -2.25. The summed E-state index contributed by atoms with van der Waals surface area (Å²) in [7, 11) is 0. The van der Waals surface area contributed by atoms with E-state index in [4.69, 9.17) is 0 Å². The monoisotopic (exact) mass is 425 g/mol. The summed E-state index contributed by atoms with van der Waals surface area (Å²) in [5.74, 6) is -1.89. The molecule has 0 bridgehead atoms. The van der Waals surface area contributed by atoms with E-state index in [1.54, 1.807) is 4.90 Å². The number of anilines is 1. The third-order valence-corrected chi connectivity index (χ3v) is 6.00. The van der Waals surface area contributed by atoms with Crippen LogP contribution < -0.4 is 4.90 Å². The molecule has 2 aliphatic heterocycles. The van der Waals surface area contributed by atoms with Crippen molar-refractivity contribution in [3.63, 3.8) is 0 Å². The van der Waals surface area contributed by atoms with Crippen LogP contribution in [0.5, 0.6) is 0 Å². The van der Waals surface area contributed by atoms with Gasteiger partial charge in [-0.2, -0.15) is 13.2 Å². The van der Waals surface area contributed by atoms with Crippen molar-refractivity contribution in [2.75, 3.05) is 44.2 Å². The van der Waals surface area contributed by atoms with E-state index in [2.05, 4.69) is 0 Å². The van der Waals surface area contributed by atoms with Crippen molar-refractivity contribution in [1.29, 1.82) is 0 Å². The van der Waals surface area contributed by atoms with Crippen molar-refractivity contribution < 1.29 is 22.8 Å². The van der Waals surface area contributed by atoms with Crippen LogP contribution in [-0.2, 0) is 9.59 Å². The highest BCUT2D eigenvalue weighted by Crippen LogP contribution is 2.33. The lowest BCUT2D eigenvalue weighted by atomic mass is 9.97. The van der Waals surface area contributed by atoms with Crippen LogP contribution in [0.4, 0.5) is 18.9 Å². The zero-order chi connectivity index (χ0) is 21.7. The highest BCUT2D eigenvalue weighted by Gasteiger charge is 2.42. The molecule has 2 heterocycles. The van der Waals surface area contributed by atoms with E-state index in [-0.39, 0.29) is 37.9 Å². The maximum atomic E-state index is 13.1. The van der Waals surface area contributed by atoms with Gasteiger partial charge in [0.1, 0.15) is 0 Å². The molecular weight excluding hydrogens is 395 g/mol. The van der Waals surface area contributed by atoms with Crippen LogP contribution in [0.15, 0.2) is 24.3 Å². The van der Waals surface area contributed by atoms with Crippen LogP contribution in [0.1, 0.15) is 37.7 Å². The molecule has 2 aliphatic rings. The number of rotatable bonds is 5. The first kappa shape index (κ1) is 22.4. The Morgan fingerprint density at radius 3 is 2.10 bits per heavy atom. The van der Waals surface area contributed by atoms with E-state index in [9.17, 15) is 22.8 Å². The van der Waals surface area contributed by atoms with Crippen LogP contribution >= 0.6 is 0 Å². The van der Waals surface area contributed by atoms with Crippen molar-refractivity contribution in [2.45, 2.75) is 45.2 Å². The molecule has 0 radical (unpaired) electrons. The Morgan fingerprint density at radius 1 is 0.933 bits per heavy atom. The van der Waals surface area contributed by atoms with E-state index in [0.29, 0.717) is 26.1 Å². The molecule has 0 aliphatic carbocycles. The minimum Gasteiger partial charge on any atom is -0.353 e. The summed E-state index contributed by atoms with van der Waals surface area (Å²) in [6.07, 6.45) is -0.835. The lowest BCUT2D eigenvalue weighted by Gasteiger charge is -2.36. The van der Waals surface area contributed by atoms with E-state index < -0.39 is 12.1 Å². The standard InChI is InChI=1S/C22H30F3N3O2/c1-17-7-9-19(10-8-17)28(15-20(29)26-11-3-2-4-12-26)16-21(30)27-13-5-6-18(14-27)22(23,24)25/h7-10,18H,2-6,11-16H2,1H3. The fourth-order valence-electron chi connectivity index (χ4n) is 4.13. The number of piperidine rings is 2. The van der Waals surface area contributed by atoms with Gasteiger partial charge in [-0.3, -0.25) is 9.59 Å². The number of carbonyl (C=O) groups excluding carboxylic acids is 2. The number of nitrogens with zero attached hydrogens (tertiary/aromatic N) is 3. The summed E-state index contributed by atoms with van der Waals surface area (Å²) in [5, 5.41) is 0. The van der Waals surface area contributed by atoms with Crippen LogP contribution in [0.3, 0.4) is 0 Å². The topological polar surface area (TPSA) is 43.9 Å². The third-order valence-electron chi connectivity index (χ3n) is 6.00. The number of amides is 2. The SMILES string of the molecule is Cc1ccc(N(CC(=O)N2CCCCC2)CC(=O)N2CCCC(C(F)(F)F)C2)cc1. The average Bonchev–Trinajstić information content (AvgIpc) is 2.74. The number of alkyl halides is 3. The van der Waals surface area contributed by atoms with Crippen LogP contribution in [-0.4, -0.2) is 67.1 Å². The number of hydrogen-bond donors (Lipinski definition) is 0. The van der Waals surface area contributed by atoms with Gasteiger partial charge in [-0.15, -0.1) is 0 Å². The lowest BCUT2D eigenvalue weighted by Crippen LogP contribution is -2.50. The summed E-state index contributed by atoms with van der Waals surface area (Å²) in [5.41, 5.74) is 1.78. The molecule has 2 saturated heterocycles. The van der Waals surface area contributed by atoms with Crippen molar-refractivity contribution in [2.24, 2.45) is 5.92 Å². The Morgan fingerprint density at radius 2 is 1.50 bits per heavy atom. The maximum Gasteiger partial charge on any atom is 0.393 e. The average molecular weight is 425 g/mol. The molecule has 1 aromatic rings. The second kappa shape index (κ2) is 9.71. The van der Waals surface area contributed by atoms with Crippen LogP contribution in [0.25, 0.3) is 0 Å². The molecule has 2 amide bonds. The molecular formula is C22H30F3N3O2. The predicted molar refractivity (Wildman–Crippen MR) is 109 cm³/mol. The molecule has 1 unspecified atom stereocenters. The molecule has 0 saturated carbocycles. The smallest absolute Gasteiger partial charge is 0.353 e. The normalized spacial score (nSPS) is 20.2. The van der Waals surface area contributed by atoms with Crippen molar-refractivity contribution in [3.8, 4) is 0 Å². The molecule has 1 aromatic carbocycles. The molecule has 166 valence electrons. The summed E-state index contributed by atoms with van der Waals surface area (Å²) in [4.78, 5) is 30.5. The predicted octanol–water partition coefficient (Wildman–Crippen LogP) is 3.61. The Labute approximate surface area is 175 Å². The third kappa shape index (κ3) is 5.89. The number of likely N-dealkylation sites (tertiary alicyclic amines) is 2. The van der Waals surface area contributed by atoms with Gasteiger partial charge in [-0.05, 0) is 51.2 Å². The van der Waals surface area contributed by atoms with E-state index in [0.717, 1.165) is 30.5 Å². The van der Waals surface area contributed by atoms with Gasteiger partial charge < -0.3 is 14.7 Å². The number of hydrogen-bond acceptors (Lipinski definition) is 3. The van der Waals surface area contributed by atoms with Crippen molar-refractivity contribution in [3.05, 3.63) is 29.8 Å². The first-order chi connectivity index (χ1) is 14.2. The second-order valence-electron chi connectivity index (χ2n) is 8.35. The van der Waals surface area contributed by atoms with Crippen molar-refractivity contribution in [1.82, 2.24) is 9.80 Å². The van der Waals surface area contributed by atoms with Gasteiger partial charge in [0, 0.05) is 31.9 Å². The Balaban J connectivity index is 1.70. The highest BCUT2D eigenvalue weighted by molar-refractivity contribution is 5.86. The van der Waals surface area contributed by atoms with Crippen LogP contribution in [0, 0.1) is 12.8 Å². The Kier molecular flexibility index (Phi) is 7.26. The zero-order valence-corrected chi connectivity index (χ0v) is 17.5. The lowest BCUT2D eigenvalue weighted by molar-refractivity contribution is -0.187. The summed E-state index contributed by atoms with van der Waals surface area (Å²) in [6.45, 7) is 3.35. The Bertz CT molecular complexity index is 730. The minimum atomic E-state index is -4.29. The molecule has 1 atom stereocenters. The van der Waals surface area contributed by atoms with Gasteiger partial charge >= 0.3 is 6.18 Å². The van der Waals surface area contributed by atoms with E-state index in [1.807, 2.05) is 36.1 Å². The fourth-order valence-corrected chi connectivity index (χ4v) is 4.13. The van der Waals surface area contributed by atoms with Crippen LogP contribution in [0.2, 0.25) is 0 Å². The fraction of sp³-hybridized carbons (Fsp3) is 0.636. The zero-order valence-electron chi connectivity index (χ0n) is 17.5. The van der Waals surface area contributed by atoms with Gasteiger partial charge in [-0.25, -0.2) is 0 Å². The largest absolute Gasteiger partial charge is 0.393 e. The van der Waals surface area contributed by atoms with E-state index in [1.165, 1.54) is 4.90 Å². The summed E-state index contributed by atoms with van der Waals surface area (Å²) in [6, 6.07) is 7.50. The molecule has 30 heavy (non-hydrogen) atoms. The summed E-state index contributed by atoms with van der Waals surface area (Å²) < 4.78 is 39.4. The number of aryl methyl sites for hydroxylation is 1. The molecule has 8 heteroatoms. The molecule has 3 rings (SSSR count). The quantitative estimate of drug-likeness (QED) is 0.724. The minimum absolute atomic E-state index is 0.0464. The van der Waals surface area contributed by atoms with Gasteiger partial charge in [0.15, 0.2) is 0 Å². The van der Waals surface area contributed by atoms with Gasteiger partial charge in [-0.1, -0.05) is 17.7 Å². The van der Waals surface area contributed by atoms with Gasteiger partial charge in [0.2, 0.25) is 11.8 Å². The molecule has 0 N–H and O–H groups in total. The van der Waals surface area contributed by atoms with Gasteiger partial charge in [0.25, 0.3) is 0 Å². The van der Waals surface area contributed by atoms with Crippen molar-refractivity contribution >= 4 is 17.5 Å². The maximum absolute atomic E-state index is 13.1. The molecule has 0 spiro atoms. The number of carbonyl (C=O) groups is 2. The number of halogens is 3. The number of benzene rings is 1. The molecule has 2 fully saturated rings. The van der Waals surface area contributed by atoms with E-state index >= 15 is 0 Å². The first-order valence-electron chi connectivity index (χ1n) is 10.7. The second-order valence-corrected chi connectivity index (χ2v) is 8.35. The summed E-state index contributed by atoms with van der Waals surface area (Å²) >= 11 is 0. The van der Waals surface area contributed by atoms with Gasteiger partial charge in [0.05, 0.1) is 19.0 Å². The first-order valence-corrected chi connectivity index (χ1v) is 10.7. The highest BCUT2D eigenvalue weighted by atomic mass is 19.4. The molecule has 0 aromatic heterocycles.